The molecule has 4 heteroatoms. The topological polar surface area (TPSA) is 17.3 Å². The molecule has 334 valence electrons. The van der Waals surface area contributed by atoms with Gasteiger partial charge in [-0.1, -0.05) is 172 Å². The maximum Gasteiger partial charge on any atom is 0.0821 e. The molecule has 14 rings (SSSR count). The third-order valence-corrected chi connectivity index (χ3v) is 17.5. The molecule has 3 atom stereocenters. The first-order valence-corrected chi connectivity index (χ1v) is 26.3. The number of allylic oxidation sites excluding steroid dienone is 1. The summed E-state index contributed by atoms with van der Waals surface area (Å²) in [5.74, 6) is 0.254. The largest absolute Gasteiger partial charge is 0.309 e. The van der Waals surface area contributed by atoms with Crippen molar-refractivity contribution in [1.29, 1.82) is 0 Å². The van der Waals surface area contributed by atoms with E-state index in [4.69, 9.17) is 4.99 Å². The van der Waals surface area contributed by atoms with Crippen LogP contribution >= 0.6 is 22.7 Å². The molecule has 4 heterocycles. The van der Waals surface area contributed by atoms with Crippen molar-refractivity contribution in [3.63, 3.8) is 0 Å². The molecule has 1 aliphatic heterocycles. The minimum atomic E-state index is -0.135. The van der Waals surface area contributed by atoms with Gasteiger partial charge in [0.05, 0.1) is 17.1 Å². The van der Waals surface area contributed by atoms with Crippen molar-refractivity contribution in [2.75, 3.05) is 0 Å². The van der Waals surface area contributed by atoms with Crippen molar-refractivity contribution in [2.45, 2.75) is 32.7 Å². The molecule has 10 aromatic carbocycles. The Kier molecular flexibility index (Phi) is 9.76. The second-order valence-electron chi connectivity index (χ2n) is 19.3. The highest BCUT2D eigenvalue weighted by atomic mass is 32.1. The third kappa shape index (κ3) is 6.61. The molecule has 0 aliphatic carbocycles. The van der Waals surface area contributed by atoms with Gasteiger partial charge in [0.25, 0.3) is 0 Å². The summed E-state index contributed by atoms with van der Waals surface area (Å²) in [5.41, 5.74) is 12.5. The lowest BCUT2D eigenvalue weighted by Gasteiger charge is -2.32. The maximum absolute atomic E-state index is 6.29. The van der Waals surface area contributed by atoms with Crippen molar-refractivity contribution in [3.05, 3.63) is 229 Å². The molecular weight excluding hydrogens is 885 g/mol. The van der Waals surface area contributed by atoms with Gasteiger partial charge in [0.15, 0.2) is 0 Å². The van der Waals surface area contributed by atoms with E-state index in [-0.39, 0.29) is 17.9 Å². The first-order valence-electron chi connectivity index (χ1n) is 24.7. The Morgan fingerprint density at radius 2 is 1.17 bits per heavy atom. The summed E-state index contributed by atoms with van der Waals surface area (Å²) in [6, 6.07) is 77.1. The molecule has 0 fully saturated rings. The molecular formula is C66H48N2S2. The fraction of sp³-hybridized carbons (Fsp3) is 0.106. The molecule has 0 radical (unpaired) electrons. The van der Waals surface area contributed by atoms with E-state index in [0.717, 1.165) is 12.8 Å². The predicted molar refractivity (Wildman–Crippen MR) is 305 cm³/mol. The summed E-state index contributed by atoms with van der Waals surface area (Å²) in [6.45, 7) is 4.78. The predicted octanol–water partition coefficient (Wildman–Crippen LogP) is 19.2. The summed E-state index contributed by atoms with van der Waals surface area (Å²) in [7, 11) is 0. The van der Waals surface area contributed by atoms with E-state index < -0.39 is 0 Å². The number of thiophene rings is 2. The monoisotopic (exact) mass is 932 g/mol. The smallest absolute Gasteiger partial charge is 0.0821 e. The molecule has 3 aromatic heterocycles. The Morgan fingerprint density at radius 3 is 2.00 bits per heavy atom. The number of aliphatic imine (C=N–C) groups is 1. The Labute approximate surface area is 415 Å². The zero-order valence-electron chi connectivity index (χ0n) is 39.1. The van der Waals surface area contributed by atoms with Crippen molar-refractivity contribution in [1.82, 2.24) is 4.57 Å². The van der Waals surface area contributed by atoms with Gasteiger partial charge in [-0.15, -0.1) is 22.7 Å². The van der Waals surface area contributed by atoms with Crippen LogP contribution in [0.4, 0.5) is 0 Å². The number of rotatable bonds is 6. The summed E-state index contributed by atoms with van der Waals surface area (Å²) >= 11 is 3.79. The molecule has 1 aliphatic rings. The summed E-state index contributed by atoms with van der Waals surface area (Å²) in [4.78, 5) is 6.29. The van der Waals surface area contributed by atoms with Crippen molar-refractivity contribution >= 4 is 118 Å². The van der Waals surface area contributed by atoms with Crippen LogP contribution in [0.1, 0.15) is 49.4 Å². The van der Waals surface area contributed by atoms with Gasteiger partial charge in [0, 0.05) is 85.3 Å². The average Bonchev–Trinajstić information content (AvgIpc) is 4.08. The van der Waals surface area contributed by atoms with Gasteiger partial charge in [-0.25, -0.2) is 0 Å². The SMILES string of the molecule is CCC1/C(c2cccc(-c3ccccc3)c2)=C/CC(C)C(c2cc(-n3c4cc5ccccc5cc4c4ccc5ccccc5c43)cc3sc4ccccc4c23)=NC1c1ccc2sc3ccccc3c2c1. The zero-order chi connectivity index (χ0) is 46.5. The van der Waals surface area contributed by atoms with E-state index in [1.165, 1.54) is 128 Å². The zero-order valence-corrected chi connectivity index (χ0v) is 40.7. The quantitative estimate of drug-likeness (QED) is 0.158. The van der Waals surface area contributed by atoms with Gasteiger partial charge in [-0.3, -0.25) is 4.99 Å². The summed E-state index contributed by atoms with van der Waals surface area (Å²) in [6.07, 6.45) is 4.40. The van der Waals surface area contributed by atoms with Crippen LogP contribution in [-0.4, -0.2) is 10.3 Å². The lowest BCUT2D eigenvalue weighted by atomic mass is 9.78. The standard InChI is InChI=1S/C66H48N2S2/c1-3-49-50(46-22-15-21-43(34-46)41-16-5-4-6-17-41)31-28-40(2)64(67-65(49)47-30-33-61-56(36-47)52-24-11-13-26-59(52)69-61)57-38-48(39-62-63(57)54-25-12-14-27-60(54)70-62)68-58-37-45-20-8-7-19-44(45)35-55(58)53-32-29-42-18-9-10-23-51(42)66(53)68/h4-27,29-40,49,65H,3,28H2,1-2H3/b50-31+,67-64?. The van der Waals surface area contributed by atoms with Crippen LogP contribution in [0.2, 0.25) is 0 Å². The lowest BCUT2D eigenvalue weighted by molar-refractivity contribution is 0.514. The second-order valence-corrected chi connectivity index (χ2v) is 21.4. The van der Waals surface area contributed by atoms with Crippen LogP contribution in [0, 0.1) is 11.8 Å². The Morgan fingerprint density at radius 1 is 0.500 bits per heavy atom. The summed E-state index contributed by atoms with van der Waals surface area (Å²) < 4.78 is 7.79. The summed E-state index contributed by atoms with van der Waals surface area (Å²) in [5, 5.41) is 12.8. The molecule has 0 saturated carbocycles. The fourth-order valence-corrected chi connectivity index (χ4v) is 14.1. The van der Waals surface area contributed by atoms with Crippen LogP contribution < -0.4 is 0 Å². The number of hydrogen-bond donors (Lipinski definition) is 0. The van der Waals surface area contributed by atoms with E-state index in [2.05, 4.69) is 231 Å². The van der Waals surface area contributed by atoms with Gasteiger partial charge in [-0.2, -0.15) is 0 Å². The van der Waals surface area contributed by atoms with Gasteiger partial charge < -0.3 is 4.57 Å². The first kappa shape index (κ1) is 41.4. The van der Waals surface area contributed by atoms with E-state index in [1.54, 1.807) is 0 Å². The van der Waals surface area contributed by atoms with Crippen molar-refractivity contribution in [2.24, 2.45) is 16.8 Å². The molecule has 2 nitrogen and oxygen atoms in total. The van der Waals surface area contributed by atoms with Gasteiger partial charge in [-0.05, 0) is 111 Å². The first-order chi connectivity index (χ1) is 34.6. The van der Waals surface area contributed by atoms with Crippen LogP contribution in [0.5, 0.6) is 0 Å². The maximum atomic E-state index is 6.29. The van der Waals surface area contributed by atoms with E-state index >= 15 is 0 Å². The lowest BCUT2D eigenvalue weighted by Crippen LogP contribution is -2.22. The van der Waals surface area contributed by atoms with E-state index in [0.29, 0.717) is 0 Å². The number of nitrogens with zero attached hydrogens (tertiary/aromatic N) is 2. The molecule has 70 heavy (non-hydrogen) atoms. The number of aromatic nitrogens is 1. The Balaban J connectivity index is 1.05. The molecule has 3 unspecified atom stereocenters. The highest BCUT2D eigenvalue weighted by molar-refractivity contribution is 7.26. The molecule has 0 spiro atoms. The normalized spacial score (nSPS) is 17.5. The van der Waals surface area contributed by atoms with Crippen LogP contribution in [-0.2, 0) is 0 Å². The minimum absolute atomic E-state index is 0.123. The van der Waals surface area contributed by atoms with Crippen molar-refractivity contribution in [3.8, 4) is 16.8 Å². The molecule has 0 amide bonds. The number of fused-ring (bicyclic) bond motifs is 12. The van der Waals surface area contributed by atoms with E-state index in [1.807, 2.05) is 22.7 Å². The van der Waals surface area contributed by atoms with Gasteiger partial charge in [0.2, 0.25) is 0 Å². The molecule has 0 bridgehead atoms. The highest BCUT2D eigenvalue weighted by Gasteiger charge is 2.32. The van der Waals surface area contributed by atoms with E-state index in [9.17, 15) is 0 Å². The number of hydrogen-bond acceptors (Lipinski definition) is 3. The van der Waals surface area contributed by atoms with Gasteiger partial charge in [0.1, 0.15) is 0 Å². The molecule has 0 N–H and O–H groups in total. The molecule has 0 saturated heterocycles. The third-order valence-electron chi connectivity index (χ3n) is 15.2. The van der Waals surface area contributed by atoms with Crippen LogP contribution in [0.3, 0.4) is 0 Å². The fourth-order valence-electron chi connectivity index (χ4n) is 11.9. The average molecular weight is 933 g/mol. The minimum Gasteiger partial charge on any atom is -0.309 e. The van der Waals surface area contributed by atoms with Gasteiger partial charge >= 0.3 is 0 Å². The number of benzene rings is 10. The van der Waals surface area contributed by atoms with Crippen molar-refractivity contribution < 1.29 is 0 Å². The Hall–Kier alpha value is -7.63. The second kappa shape index (κ2) is 16.5. The van der Waals surface area contributed by atoms with Crippen LogP contribution in [0.15, 0.2) is 217 Å². The van der Waals surface area contributed by atoms with Crippen LogP contribution in [0.25, 0.3) is 106 Å². The molecule has 13 aromatic rings. The Bertz CT molecular complexity index is 4300. The highest BCUT2D eigenvalue weighted by Crippen LogP contribution is 2.47.